The predicted molar refractivity (Wildman–Crippen MR) is 112 cm³/mol. The number of allylic oxidation sites excluding steroid dienone is 2. The number of imide groups is 1. The predicted octanol–water partition coefficient (Wildman–Crippen LogP) is 2.94. The third-order valence-corrected chi connectivity index (χ3v) is 5.81. The Balaban J connectivity index is 1.60. The van der Waals surface area contributed by atoms with Crippen molar-refractivity contribution < 1.29 is 23.9 Å². The Bertz CT molecular complexity index is 879. The number of para-hydroxylation sites is 1. The topological polar surface area (TPSA) is 92.8 Å². The van der Waals surface area contributed by atoms with Crippen molar-refractivity contribution in [2.75, 3.05) is 11.9 Å². The molecule has 1 saturated heterocycles. The van der Waals surface area contributed by atoms with E-state index in [4.69, 9.17) is 4.74 Å². The maximum atomic E-state index is 12.6. The number of hydrogen-bond donors (Lipinski definition) is 1. The first-order chi connectivity index (χ1) is 14.2. The number of hydrogen-bond acceptors (Lipinski definition) is 5. The van der Waals surface area contributed by atoms with Gasteiger partial charge in [0.25, 0.3) is 5.91 Å². The van der Waals surface area contributed by atoms with E-state index in [0.717, 1.165) is 16.0 Å². The summed E-state index contributed by atoms with van der Waals surface area (Å²) in [6.07, 6.45) is 4.79. The van der Waals surface area contributed by atoms with Gasteiger partial charge in [-0.3, -0.25) is 19.3 Å². The Morgan fingerprint density at radius 3 is 2.27 bits per heavy atom. The second-order valence-corrected chi connectivity index (χ2v) is 8.23. The molecule has 1 aliphatic heterocycles. The quantitative estimate of drug-likeness (QED) is 0.441. The molecule has 7 heteroatoms. The molecule has 3 rings (SSSR count). The van der Waals surface area contributed by atoms with E-state index in [-0.39, 0.29) is 17.7 Å². The molecule has 1 N–H and O–H groups in total. The van der Waals surface area contributed by atoms with Crippen molar-refractivity contribution in [2.45, 2.75) is 52.5 Å². The number of aryl methyl sites for hydroxylation is 1. The number of ether oxygens (including phenoxy) is 1. The van der Waals surface area contributed by atoms with Gasteiger partial charge in [0.15, 0.2) is 6.61 Å². The van der Waals surface area contributed by atoms with Crippen molar-refractivity contribution in [1.29, 1.82) is 0 Å². The first-order valence-electron chi connectivity index (χ1n) is 10.3. The van der Waals surface area contributed by atoms with Crippen molar-refractivity contribution in [1.82, 2.24) is 4.90 Å². The van der Waals surface area contributed by atoms with Gasteiger partial charge >= 0.3 is 5.97 Å². The molecule has 0 aromatic heterocycles. The zero-order valence-corrected chi connectivity index (χ0v) is 17.8. The van der Waals surface area contributed by atoms with Gasteiger partial charge < -0.3 is 10.1 Å². The fraction of sp³-hybridized carbons (Fsp3) is 0.478. The van der Waals surface area contributed by atoms with Crippen LogP contribution in [0.1, 0.15) is 50.7 Å². The molecule has 0 bridgehead atoms. The van der Waals surface area contributed by atoms with Gasteiger partial charge in [-0.15, -0.1) is 0 Å². The largest absolute Gasteiger partial charge is 0.454 e. The Hall–Kier alpha value is -2.96. The second kappa shape index (κ2) is 8.81. The van der Waals surface area contributed by atoms with E-state index < -0.39 is 36.4 Å². The zero-order chi connectivity index (χ0) is 22.0. The molecule has 3 amide bonds. The highest BCUT2D eigenvalue weighted by Gasteiger charge is 2.50. The van der Waals surface area contributed by atoms with E-state index in [2.05, 4.69) is 5.32 Å². The second-order valence-electron chi connectivity index (χ2n) is 8.23. The highest BCUT2D eigenvalue weighted by molar-refractivity contribution is 6.08. The van der Waals surface area contributed by atoms with Crippen molar-refractivity contribution in [2.24, 2.45) is 11.8 Å². The summed E-state index contributed by atoms with van der Waals surface area (Å²) in [7, 11) is 0. The van der Waals surface area contributed by atoms with Gasteiger partial charge in [-0.2, -0.15) is 0 Å². The van der Waals surface area contributed by atoms with Crippen LogP contribution in [0.3, 0.4) is 0 Å². The molecule has 1 aromatic carbocycles. The van der Waals surface area contributed by atoms with Gasteiger partial charge in [0, 0.05) is 5.69 Å². The van der Waals surface area contributed by atoms with E-state index in [1.807, 2.05) is 51.1 Å². The summed E-state index contributed by atoms with van der Waals surface area (Å²) in [4.78, 5) is 51.0. The number of likely N-dealkylation sites (tertiary alicyclic amines) is 1. The van der Waals surface area contributed by atoms with Crippen LogP contribution in [0.25, 0.3) is 0 Å². The molecule has 1 fully saturated rings. The summed E-state index contributed by atoms with van der Waals surface area (Å²) in [5, 5.41) is 2.81. The fourth-order valence-electron chi connectivity index (χ4n) is 4.09. The molecule has 160 valence electrons. The third kappa shape index (κ3) is 4.15. The Morgan fingerprint density at radius 2 is 1.70 bits per heavy atom. The lowest BCUT2D eigenvalue weighted by atomic mass is 9.85. The SMILES string of the molecule is Cc1cccc(C(C)C)c1NC(=O)COC(=O)[C@H](C)N1C(=O)[C@H]2CC=CC[C@@H]2C1=O. The molecule has 0 radical (unpaired) electrons. The van der Waals surface area contributed by atoms with Crippen LogP contribution in [-0.4, -0.2) is 41.2 Å². The Kier molecular flexibility index (Phi) is 6.39. The molecular weight excluding hydrogens is 384 g/mol. The lowest BCUT2D eigenvalue weighted by Crippen LogP contribution is -2.45. The minimum absolute atomic E-state index is 0.216. The van der Waals surface area contributed by atoms with Gasteiger partial charge in [0.1, 0.15) is 6.04 Å². The van der Waals surface area contributed by atoms with Crippen LogP contribution in [-0.2, 0) is 23.9 Å². The molecule has 7 nitrogen and oxygen atoms in total. The van der Waals surface area contributed by atoms with Crippen molar-refractivity contribution in [3.63, 3.8) is 0 Å². The maximum absolute atomic E-state index is 12.6. The molecule has 3 atom stereocenters. The summed E-state index contributed by atoms with van der Waals surface area (Å²) in [5.74, 6) is -2.52. The van der Waals surface area contributed by atoms with Gasteiger partial charge in [0.2, 0.25) is 11.8 Å². The van der Waals surface area contributed by atoms with Crippen molar-refractivity contribution in [3.05, 3.63) is 41.5 Å². The average molecular weight is 412 g/mol. The van der Waals surface area contributed by atoms with Crippen molar-refractivity contribution >= 4 is 29.4 Å². The monoisotopic (exact) mass is 412 g/mol. The smallest absolute Gasteiger partial charge is 0.329 e. The molecule has 1 aromatic rings. The third-order valence-electron chi connectivity index (χ3n) is 5.81. The maximum Gasteiger partial charge on any atom is 0.329 e. The summed E-state index contributed by atoms with van der Waals surface area (Å²) in [5.41, 5.74) is 2.62. The fourth-order valence-corrected chi connectivity index (χ4v) is 4.09. The lowest BCUT2D eigenvalue weighted by Gasteiger charge is -2.21. The molecular formula is C23H28N2O5. The summed E-state index contributed by atoms with van der Waals surface area (Å²) < 4.78 is 5.13. The molecule has 0 unspecified atom stereocenters. The highest BCUT2D eigenvalue weighted by atomic mass is 16.5. The van der Waals surface area contributed by atoms with Crippen LogP contribution in [0.15, 0.2) is 30.4 Å². The lowest BCUT2D eigenvalue weighted by molar-refractivity contribution is -0.159. The van der Waals surface area contributed by atoms with Crippen LogP contribution in [0.4, 0.5) is 5.69 Å². The number of fused-ring (bicyclic) bond motifs is 1. The van der Waals surface area contributed by atoms with E-state index >= 15 is 0 Å². The number of carbonyl (C=O) groups excluding carboxylic acids is 4. The Morgan fingerprint density at radius 1 is 1.10 bits per heavy atom. The minimum atomic E-state index is -1.06. The standard InChI is InChI=1S/C23H28N2O5/c1-13(2)16-11-7-8-14(3)20(16)24-19(26)12-30-23(29)15(4)25-21(27)17-9-5-6-10-18(17)22(25)28/h5-8,11,13,15,17-18H,9-10,12H2,1-4H3,(H,24,26)/t15-,17-,18-/m0/s1. The number of benzene rings is 1. The van der Waals surface area contributed by atoms with Crippen molar-refractivity contribution in [3.8, 4) is 0 Å². The van der Waals surface area contributed by atoms with Crippen LogP contribution in [0, 0.1) is 18.8 Å². The summed E-state index contributed by atoms with van der Waals surface area (Å²) in [6, 6.07) is 4.71. The number of esters is 1. The van der Waals surface area contributed by atoms with Crippen LogP contribution in [0.2, 0.25) is 0 Å². The molecule has 1 aliphatic carbocycles. The van der Waals surface area contributed by atoms with Gasteiger partial charge in [-0.05, 0) is 43.7 Å². The van der Waals surface area contributed by atoms with Gasteiger partial charge in [0.05, 0.1) is 11.8 Å². The first-order valence-corrected chi connectivity index (χ1v) is 10.3. The number of carbonyl (C=O) groups is 4. The summed E-state index contributed by atoms with van der Waals surface area (Å²) in [6.45, 7) is 6.93. The molecule has 0 saturated carbocycles. The number of anilines is 1. The molecule has 2 aliphatic rings. The van der Waals surface area contributed by atoms with Crippen LogP contribution >= 0.6 is 0 Å². The number of amides is 3. The molecule has 0 spiro atoms. The average Bonchev–Trinajstić information content (AvgIpc) is 2.97. The normalized spacial score (nSPS) is 21.6. The van der Waals surface area contributed by atoms with Gasteiger partial charge in [-0.25, -0.2) is 4.79 Å². The minimum Gasteiger partial charge on any atom is -0.454 e. The number of rotatable bonds is 6. The molecule has 30 heavy (non-hydrogen) atoms. The van der Waals surface area contributed by atoms with E-state index in [1.165, 1.54) is 6.92 Å². The first kappa shape index (κ1) is 21.7. The highest BCUT2D eigenvalue weighted by Crippen LogP contribution is 2.36. The number of nitrogens with one attached hydrogen (secondary N) is 1. The van der Waals surface area contributed by atoms with E-state index in [9.17, 15) is 19.2 Å². The van der Waals surface area contributed by atoms with E-state index in [1.54, 1.807) is 0 Å². The van der Waals surface area contributed by atoms with E-state index in [0.29, 0.717) is 18.5 Å². The zero-order valence-electron chi connectivity index (χ0n) is 17.8. The summed E-state index contributed by atoms with van der Waals surface area (Å²) >= 11 is 0. The van der Waals surface area contributed by atoms with Gasteiger partial charge in [-0.1, -0.05) is 44.2 Å². The Labute approximate surface area is 176 Å². The number of nitrogens with zero attached hydrogens (tertiary/aromatic N) is 1. The molecule has 1 heterocycles. The van der Waals surface area contributed by atoms with Crippen LogP contribution in [0.5, 0.6) is 0 Å². The van der Waals surface area contributed by atoms with Crippen LogP contribution < -0.4 is 5.32 Å².